The van der Waals surface area contributed by atoms with Crippen LogP contribution in [0.2, 0.25) is 0 Å². The van der Waals surface area contributed by atoms with Gasteiger partial charge in [-0.15, -0.1) is 9.05 Å². The molecule has 0 fully saturated rings. The molecular formula is C10H22O2PS+. The van der Waals surface area contributed by atoms with E-state index < -0.39 is 7.15 Å². The van der Waals surface area contributed by atoms with Crippen molar-refractivity contribution in [1.29, 1.82) is 0 Å². The van der Waals surface area contributed by atoms with Crippen LogP contribution >= 0.6 is 7.15 Å². The van der Waals surface area contributed by atoms with E-state index in [4.69, 9.17) is 20.9 Å². The Morgan fingerprint density at radius 3 is 2.36 bits per heavy atom. The minimum absolute atomic E-state index is 0.580. The van der Waals surface area contributed by atoms with E-state index in [1.807, 2.05) is 0 Å². The lowest BCUT2D eigenvalue weighted by molar-refractivity contribution is 0.224. The Morgan fingerprint density at radius 2 is 1.86 bits per heavy atom. The second-order valence-electron chi connectivity index (χ2n) is 4.05. The predicted octanol–water partition coefficient (Wildman–Crippen LogP) is 3.89. The van der Waals surface area contributed by atoms with Crippen molar-refractivity contribution in [2.24, 2.45) is 11.8 Å². The van der Waals surface area contributed by atoms with E-state index in [0.717, 1.165) is 26.1 Å². The Morgan fingerprint density at radius 1 is 1.21 bits per heavy atom. The molecule has 84 valence electrons. The molecular weight excluding hydrogens is 215 g/mol. The van der Waals surface area contributed by atoms with Crippen LogP contribution in [0.4, 0.5) is 0 Å². The Labute approximate surface area is 94.0 Å². The zero-order chi connectivity index (χ0) is 11.0. The minimum Gasteiger partial charge on any atom is -0.142 e. The van der Waals surface area contributed by atoms with Crippen molar-refractivity contribution >= 4 is 19.0 Å². The fraction of sp³-hybridized carbons (Fsp3) is 1.00. The third-order valence-corrected chi connectivity index (χ3v) is 3.44. The van der Waals surface area contributed by atoms with Gasteiger partial charge in [0.1, 0.15) is 13.2 Å². The van der Waals surface area contributed by atoms with E-state index in [1.54, 1.807) is 0 Å². The highest BCUT2D eigenvalue weighted by Gasteiger charge is 2.15. The fourth-order valence-corrected chi connectivity index (χ4v) is 1.82. The lowest BCUT2D eigenvalue weighted by atomic mass is 10.1. The van der Waals surface area contributed by atoms with Gasteiger partial charge in [-0.3, -0.25) is 0 Å². The standard InChI is InChI=1S/C10H22O2PS/c1-5-10(4)8-12-13(14)11-7-6-9(2)3/h9-10H,5-8H2,1-4H3/q+1. The molecule has 0 heterocycles. The Bertz CT molecular complexity index is 162. The van der Waals surface area contributed by atoms with Gasteiger partial charge in [0.05, 0.1) is 0 Å². The molecule has 0 aliphatic carbocycles. The summed E-state index contributed by atoms with van der Waals surface area (Å²) in [6, 6.07) is 0. The van der Waals surface area contributed by atoms with Crippen LogP contribution in [0, 0.1) is 11.8 Å². The smallest absolute Gasteiger partial charge is 0.142 e. The van der Waals surface area contributed by atoms with Gasteiger partial charge in [0.15, 0.2) is 0 Å². The summed E-state index contributed by atoms with van der Waals surface area (Å²) in [5, 5.41) is 0. The van der Waals surface area contributed by atoms with E-state index in [9.17, 15) is 0 Å². The average Bonchev–Trinajstić information content (AvgIpc) is 2.13. The highest BCUT2D eigenvalue weighted by atomic mass is 32.4. The number of rotatable bonds is 8. The molecule has 2 unspecified atom stereocenters. The monoisotopic (exact) mass is 237 g/mol. The summed E-state index contributed by atoms with van der Waals surface area (Å²) in [6.07, 6.45) is 2.19. The molecule has 0 aromatic rings. The van der Waals surface area contributed by atoms with E-state index >= 15 is 0 Å². The van der Waals surface area contributed by atoms with Crippen LogP contribution in [0.15, 0.2) is 0 Å². The summed E-state index contributed by atoms with van der Waals surface area (Å²) in [7, 11) is -1.07. The number of hydrogen-bond acceptors (Lipinski definition) is 3. The molecule has 0 aliphatic rings. The van der Waals surface area contributed by atoms with Gasteiger partial charge < -0.3 is 0 Å². The van der Waals surface area contributed by atoms with Crippen molar-refractivity contribution in [2.45, 2.75) is 40.5 Å². The molecule has 0 radical (unpaired) electrons. The van der Waals surface area contributed by atoms with Crippen LogP contribution in [-0.2, 0) is 20.9 Å². The predicted molar refractivity (Wildman–Crippen MR) is 65.1 cm³/mol. The maximum absolute atomic E-state index is 5.43. The first-order valence-electron chi connectivity index (χ1n) is 5.29. The topological polar surface area (TPSA) is 18.5 Å². The van der Waals surface area contributed by atoms with Crippen LogP contribution in [0.5, 0.6) is 0 Å². The zero-order valence-corrected chi connectivity index (χ0v) is 11.4. The van der Waals surface area contributed by atoms with Gasteiger partial charge >= 0.3 is 7.15 Å². The maximum Gasteiger partial charge on any atom is 0.521 e. The summed E-state index contributed by atoms with van der Waals surface area (Å²) in [5.41, 5.74) is 0. The molecule has 0 aromatic carbocycles. The maximum atomic E-state index is 5.43. The summed E-state index contributed by atoms with van der Waals surface area (Å²) < 4.78 is 10.8. The summed E-state index contributed by atoms with van der Waals surface area (Å²) in [4.78, 5) is 0. The van der Waals surface area contributed by atoms with Crippen LogP contribution < -0.4 is 0 Å². The first kappa shape index (κ1) is 14.4. The van der Waals surface area contributed by atoms with Gasteiger partial charge in [0.2, 0.25) is 11.8 Å². The molecule has 0 aliphatic heterocycles. The normalized spacial score (nSPS) is 14.5. The summed E-state index contributed by atoms with van der Waals surface area (Å²) in [5.74, 6) is 1.25. The van der Waals surface area contributed by atoms with Crippen molar-refractivity contribution in [3.63, 3.8) is 0 Å². The van der Waals surface area contributed by atoms with Gasteiger partial charge in [0, 0.05) is 0 Å². The quantitative estimate of drug-likeness (QED) is 0.597. The van der Waals surface area contributed by atoms with Crippen LogP contribution in [0.1, 0.15) is 40.5 Å². The molecule has 14 heavy (non-hydrogen) atoms. The average molecular weight is 237 g/mol. The lowest BCUT2D eigenvalue weighted by Gasteiger charge is -2.02. The highest BCUT2D eigenvalue weighted by molar-refractivity contribution is 8.00. The molecule has 0 bridgehead atoms. The SMILES string of the molecule is CCC(C)CO[P+](=S)OCCC(C)C. The first-order chi connectivity index (χ1) is 6.56. The van der Waals surface area contributed by atoms with E-state index in [0.29, 0.717) is 11.8 Å². The zero-order valence-electron chi connectivity index (χ0n) is 9.66. The third kappa shape index (κ3) is 9.01. The van der Waals surface area contributed by atoms with Gasteiger partial charge in [-0.05, 0) is 18.3 Å². The van der Waals surface area contributed by atoms with Crippen molar-refractivity contribution in [3.8, 4) is 0 Å². The molecule has 2 nitrogen and oxygen atoms in total. The number of hydrogen-bond donors (Lipinski definition) is 0. The molecule has 0 amide bonds. The molecule has 0 saturated heterocycles. The minimum atomic E-state index is -1.07. The molecule has 0 aromatic heterocycles. The molecule has 4 heteroatoms. The van der Waals surface area contributed by atoms with Gasteiger partial charge in [-0.2, -0.15) is 0 Å². The Balaban J connectivity index is 3.37. The van der Waals surface area contributed by atoms with Gasteiger partial charge in [-0.25, -0.2) is 0 Å². The fourth-order valence-electron chi connectivity index (χ4n) is 0.706. The van der Waals surface area contributed by atoms with Crippen LogP contribution in [-0.4, -0.2) is 13.2 Å². The van der Waals surface area contributed by atoms with Crippen LogP contribution in [0.25, 0.3) is 0 Å². The van der Waals surface area contributed by atoms with Crippen molar-refractivity contribution in [3.05, 3.63) is 0 Å². The Hall–Kier alpha value is 0.440. The molecule has 2 atom stereocenters. The molecule has 0 rings (SSSR count). The summed E-state index contributed by atoms with van der Waals surface area (Å²) in [6.45, 7) is 10.1. The summed E-state index contributed by atoms with van der Waals surface area (Å²) >= 11 is 5.08. The molecule has 0 N–H and O–H groups in total. The molecule has 0 spiro atoms. The van der Waals surface area contributed by atoms with Gasteiger partial charge in [-0.1, -0.05) is 34.1 Å². The Kier molecular flexibility index (Phi) is 9.00. The largest absolute Gasteiger partial charge is 0.521 e. The molecule has 0 saturated carbocycles. The van der Waals surface area contributed by atoms with Gasteiger partial charge in [0.25, 0.3) is 0 Å². The van der Waals surface area contributed by atoms with Crippen molar-refractivity contribution in [2.75, 3.05) is 13.2 Å². The van der Waals surface area contributed by atoms with Crippen molar-refractivity contribution in [1.82, 2.24) is 0 Å². The van der Waals surface area contributed by atoms with E-state index in [-0.39, 0.29) is 0 Å². The lowest BCUT2D eigenvalue weighted by Crippen LogP contribution is -2.01. The van der Waals surface area contributed by atoms with Crippen molar-refractivity contribution < 1.29 is 9.05 Å². The third-order valence-electron chi connectivity index (χ3n) is 2.05. The second kappa shape index (κ2) is 8.72. The second-order valence-corrected chi connectivity index (χ2v) is 5.91. The van der Waals surface area contributed by atoms with Crippen LogP contribution in [0.3, 0.4) is 0 Å². The highest BCUT2D eigenvalue weighted by Crippen LogP contribution is 2.26. The van der Waals surface area contributed by atoms with E-state index in [2.05, 4.69) is 27.7 Å². The van der Waals surface area contributed by atoms with E-state index in [1.165, 1.54) is 0 Å². The first-order valence-corrected chi connectivity index (χ1v) is 7.48.